The number of aliphatic hydroxyl groups is 1. The zero-order chi connectivity index (χ0) is 14.4. The van der Waals surface area contributed by atoms with Gasteiger partial charge in [-0.05, 0) is 18.5 Å². The van der Waals surface area contributed by atoms with Crippen molar-refractivity contribution < 1.29 is 14.2 Å². The number of ether oxygens (including phenoxy) is 1. The SMILES string of the molecule is CCCCN1C[C@H](O)[C@@H](F)[C@@H]1COCc1ccccc1. The molecule has 1 aliphatic heterocycles. The molecule has 1 heterocycles. The van der Waals surface area contributed by atoms with Crippen LogP contribution in [0, 0.1) is 0 Å². The highest BCUT2D eigenvalue weighted by atomic mass is 19.1. The lowest BCUT2D eigenvalue weighted by molar-refractivity contribution is 0.0359. The van der Waals surface area contributed by atoms with Gasteiger partial charge in [0.25, 0.3) is 0 Å². The van der Waals surface area contributed by atoms with E-state index in [4.69, 9.17) is 4.74 Å². The number of halogens is 1. The molecule has 1 saturated heterocycles. The monoisotopic (exact) mass is 281 g/mol. The van der Waals surface area contributed by atoms with Crippen molar-refractivity contribution in [2.24, 2.45) is 0 Å². The van der Waals surface area contributed by atoms with Crippen molar-refractivity contribution >= 4 is 0 Å². The minimum atomic E-state index is -1.21. The van der Waals surface area contributed by atoms with Gasteiger partial charge in [-0.2, -0.15) is 0 Å². The van der Waals surface area contributed by atoms with Crippen molar-refractivity contribution in [2.45, 2.75) is 44.7 Å². The molecular formula is C16H24FNO2. The van der Waals surface area contributed by atoms with Gasteiger partial charge >= 0.3 is 0 Å². The lowest BCUT2D eigenvalue weighted by Gasteiger charge is -2.24. The lowest BCUT2D eigenvalue weighted by atomic mass is 10.1. The highest BCUT2D eigenvalue weighted by molar-refractivity contribution is 5.13. The fraction of sp³-hybridized carbons (Fsp3) is 0.625. The fourth-order valence-corrected chi connectivity index (χ4v) is 2.62. The molecule has 1 fully saturated rings. The van der Waals surface area contributed by atoms with E-state index < -0.39 is 12.3 Å². The predicted octanol–water partition coefficient (Wildman–Crippen LogP) is 2.39. The molecule has 0 bridgehead atoms. The molecule has 2 rings (SSSR count). The van der Waals surface area contributed by atoms with Gasteiger partial charge in [-0.15, -0.1) is 0 Å². The van der Waals surface area contributed by atoms with Crippen LogP contribution in [0.15, 0.2) is 30.3 Å². The van der Waals surface area contributed by atoms with E-state index in [0.717, 1.165) is 24.9 Å². The first-order chi connectivity index (χ1) is 9.72. The maximum atomic E-state index is 14.0. The molecule has 20 heavy (non-hydrogen) atoms. The zero-order valence-electron chi connectivity index (χ0n) is 12.0. The van der Waals surface area contributed by atoms with Gasteiger partial charge < -0.3 is 9.84 Å². The van der Waals surface area contributed by atoms with Crippen LogP contribution in [0.25, 0.3) is 0 Å². The largest absolute Gasteiger partial charge is 0.389 e. The number of rotatable bonds is 7. The summed E-state index contributed by atoms with van der Waals surface area (Å²) in [6, 6.07) is 9.55. The topological polar surface area (TPSA) is 32.7 Å². The van der Waals surface area contributed by atoms with E-state index in [0.29, 0.717) is 19.8 Å². The molecular weight excluding hydrogens is 257 g/mol. The molecule has 3 nitrogen and oxygen atoms in total. The Morgan fingerprint density at radius 2 is 2.10 bits per heavy atom. The van der Waals surface area contributed by atoms with Gasteiger partial charge in [0.2, 0.25) is 0 Å². The molecule has 3 atom stereocenters. The summed E-state index contributed by atoms with van der Waals surface area (Å²) >= 11 is 0. The van der Waals surface area contributed by atoms with Crippen LogP contribution >= 0.6 is 0 Å². The summed E-state index contributed by atoms with van der Waals surface area (Å²) in [6.45, 7) is 4.17. The van der Waals surface area contributed by atoms with E-state index in [1.165, 1.54) is 0 Å². The Balaban J connectivity index is 1.82. The Bertz CT molecular complexity index is 387. The Kier molecular flexibility index (Phi) is 5.95. The van der Waals surface area contributed by atoms with Crippen molar-refractivity contribution in [3.63, 3.8) is 0 Å². The van der Waals surface area contributed by atoms with Crippen LogP contribution in [0.4, 0.5) is 4.39 Å². The molecule has 0 spiro atoms. The van der Waals surface area contributed by atoms with Crippen LogP contribution in [-0.2, 0) is 11.3 Å². The maximum Gasteiger partial charge on any atom is 0.145 e. The fourth-order valence-electron chi connectivity index (χ4n) is 2.62. The second-order valence-corrected chi connectivity index (χ2v) is 5.43. The smallest absolute Gasteiger partial charge is 0.145 e. The van der Waals surface area contributed by atoms with Gasteiger partial charge in [0.1, 0.15) is 6.17 Å². The van der Waals surface area contributed by atoms with Crippen molar-refractivity contribution in [3.8, 4) is 0 Å². The molecule has 1 aromatic rings. The number of nitrogens with zero attached hydrogens (tertiary/aromatic N) is 1. The van der Waals surface area contributed by atoms with Crippen molar-refractivity contribution in [1.29, 1.82) is 0 Å². The number of alkyl halides is 1. The van der Waals surface area contributed by atoms with Crippen LogP contribution < -0.4 is 0 Å². The quantitative estimate of drug-likeness (QED) is 0.833. The number of unbranched alkanes of at least 4 members (excludes halogenated alkanes) is 1. The molecule has 1 aromatic carbocycles. The summed E-state index contributed by atoms with van der Waals surface area (Å²) < 4.78 is 19.7. The Morgan fingerprint density at radius 3 is 2.80 bits per heavy atom. The summed E-state index contributed by atoms with van der Waals surface area (Å²) in [5.74, 6) is 0. The minimum Gasteiger partial charge on any atom is -0.389 e. The van der Waals surface area contributed by atoms with E-state index in [1.54, 1.807) is 0 Å². The molecule has 1 aliphatic rings. The molecule has 0 unspecified atom stereocenters. The number of β-amino-alcohol motifs (C(OH)–C–C–N with tert-alkyl or cyclic N) is 1. The highest BCUT2D eigenvalue weighted by Gasteiger charge is 2.40. The van der Waals surface area contributed by atoms with Gasteiger partial charge in [0.05, 0.1) is 25.4 Å². The Morgan fingerprint density at radius 1 is 1.35 bits per heavy atom. The number of likely N-dealkylation sites (tertiary alicyclic amines) is 1. The van der Waals surface area contributed by atoms with Crippen molar-refractivity contribution in [3.05, 3.63) is 35.9 Å². The summed E-state index contributed by atoms with van der Waals surface area (Å²) in [5, 5.41) is 9.68. The second kappa shape index (κ2) is 7.72. The molecule has 4 heteroatoms. The van der Waals surface area contributed by atoms with Gasteiger partial charge in [-0.25, -0.2) is 4.39 Å². The van der Waals surface area contributed by atoms with Crippen LogP contribution in [0.5, 0.6) is 0 Å². The molecule has 0 aromatic heterocycles. The van der Waals surface area contributed by atoms with Crippen LogP contribution in [0.2, 0.25) is 0 Å². The summed E-state index contributed by atoms with van der Waals surface area (Å²) in [4.78, 5) is 2.02. The molecule has 0 saturated carbocycles. The van der Waals surface area contributed by atoms with E-state index in [2.05, 4.69) is 6.92 Å². The molecule has 112 valence electrons. The second-order valence-electron chi connectivity index (χ2n) is 5.43. The van der Waals surface area contributed by atoms with Crippen molar-refractivity contribution in [1.82, 2.24) is 4.90 Å². The maximum absolute atomic E-state index is 14.0. The minimum absolute atomic E-state index is 0.319. The Hall–Kier alpha value is -0.970. The van der Waals surface area contributed by atoms with Gasteiger partial charge in [-0.1, -0.05) is 43.7 Å². The first-order valence-electron chi connectivity index (χ1n) is 7.40. The molecule has 0 amide bonds. The standard InChI is InChI=1S/C16H24FNO2/c1-2-3-9-18-10-15(19)16(17)14(18)12-20-11-13-7-5-4-6-8-13/h4-8,14-16,19H,2-3,9-12H2,1H3/t14-,15-,16-/m0/s1. The number of hydrogen-bond donors (Lipinski definition) is 1. The van der Waals surface area contributed by atoms with E-state index >= 15 is 0 Å². The molecule has 0 radical (unpaired) electrons. The number of hydrogen-bond acceptors (Lipinski definition) is 3. The summed E-state index contributed by atoms with van der Waals surface area (Å²) in [6.07, 6.45) is 0.00951. The zero-order valence-corrected chi connectivity index (χ0v) is 12.0. The summed E-state index contributed by atoms with van der Waals surface area (Å²) in [7, 11) is 0. The third-order valence-electron chi connectivity index (χ3n) is 3.82. The molecule has 0 aliphatic carbocycles. The van der Waals surface area contributed by atoms with Crippen molar-refractivity contribution in [2.75, 3.05) is 19.7 Å². The van der Waals surface area contributed by atoms with Gasteiger partial charge in [0.15, 0.2) is 0 Å². The summed E-state index contributed by atoms with van der Waals surface area (Å²) in [5.41, 5.74) is 1.08. The lowest BCUT2D eigenvalue weighted by Crippen LogP contribution is -2.38. The number of benzene rings is 1. The molecule has 1 N–H and O–H groups in total. The number of aliphatic hydroxyl groups excluding tert-OH is 1. The average molecular weight is 281 g/mol. The van der Waals surface area contributed by atoms with E-state index in [1.807, 2.05) is 35.2 Å². The van der Waals surface area contributed by atoms with Gasteiger partial charge in [0, 0.05) is 6.54 Å². The normalized spacial score (nSPS) is 27.1. The van der Waals surface area contributed by atoms with Crippen LogP contribution in [0.3, 0.4) is 0 Å². The third kappa shape index (κ3) is 4.01. The van der Waals surface area contributed by atoms with E-state index in [-0.39, 0.29) is 6.04 Å². The first kappa shape index (κ1) is 15.4. The van der Waals surface area contributed by atoms with Crippen LogP contribution in [-0.4, -0.2) is 48.0 Å². The predicted molar refractivity (Wildman–Crippen MR) is 77.3 cm³/mol. The van der Waals surface area contributed by atoms with Gasteiger partial charge in [-0.3, -0.25) is 4.90 Å². The van der Waals surface area contributed by atoms with Crippen LogP contribution in [0.1, 0.15) is 25.3 Å². The van der Waals surface area contributed by atoms with E-state index in [9.17, 15) is 9.50 Å². The average Bonchev–Trinajstić information content (AvgIpc) is 2.74. The first-order valence-corrected chi connectivity index (χ1v) is 7.40. The third-order valence-corrected chi connectivity index (χ3v) is 3.82. The highest BCUT2D eigenvalue weighted by Crippen LogP contribution is 2.22. The Labute approximate surface area is 120 Å².